The van der Waals surface area contributed by atoms with Crippen LogP contribution in [0.25, 0.3) is 0 Å². The molecular formula is C21H25BrN2O5S. The van der Waals surface area contributed by atoms with E-state index in [0.29, 0.717) is 55.8 Å². The second-order valence-corrected chi connectivity index (χ2v) is 10.2. The van der Waals surface area contributed by atoms with Crippen LogP contribution in [0, 0.1) is 5.92 Å². The van der Waals surface area contributed by atoms with Gasteiger partial charge in [-0.2, -0.15) is 4.31 Å². The normalized spacial score (nSPS) is 15.2. The van der Waals surface area contributed by atoms with Gasteiger partial charge in [0.1, 0.15) is 5.75 Å². The topological polar surface area (TPSA) is 84.9 Å². The fraction of sp³-hybridized carbons (Fsp3) is 0.381. The number of ether oxygens (including phenoxy) is 2. The Hall–Kier alpha value is -1.94. The van der Waals surface area contributed by atoms with Gasteiger partial charge in [-0.25, -0.2) is 8.42 Å². The summed E-state index contributed by atoms with van der Waals surface area (Å²) >= 11 is 3.38. The number of nitrogens with one attached hydrogen (secondary N) is 1. The average molecular weight is 497 g/mol. The molecule has 9 heteroatoms. The summed E-state index contributed by atoms with van der Waals surface area (Å²) in [5.74, 6) is 0.486. The first-order valence-corrected chi connectivity index (χ1v) is 11.9. The fourth-order valence-corrected chi connectivity index (χ4v) is 4.68. The number of hydrogen-bond donors (Lipinski definition) is 1. The van der Waals surface area contributed by atoms with E-state index in [9.17, 15) is 13.2 Å². The minimum absolute atomic E-state index is 0.186. The van der Waals surface area contributed by atoms with Crippen molar-refractivity contribution in [3.63, 3.8) is 0 Å². The Morgan fingerprint density at radius 1 is 1.17 bits per heavy atom. The van der Waals surface area contributed by atoms with Gasteiger partial charge in [0.25, 0.3) is 5.91 Å². The van der Waals surface area contributed by atoms with E-state index in [0.717, 1.165) is 4.47 Å². The molecule has 1 aliphatic rings. The summed E-state index contributed by atoms with van der Waals surface area (Å²) in [6.45, 7) is 6.01. The maximum Gasteiger partial charge on any atom is 0.259 e. The van der Waals surface area contributed by atoms with Crippen LogP contribution in [0.15, 0.2) is 51.8 Å². The Morgan fingerprint density at radius 2 is 1.83 bits per heavy atom. The molecule has 0 aromatic heterocycles. The van der Waals surface area contributed by atoms with Crippen molar-refractivity contribution in [1.82, 2.24) is 4.31 Å². The SMILES string of the molecule is CC(C)COc1ccc(Br)cc1C(=O)Nc1ccc(S(=O)(=O)N2CCOCC2)cc1. The number of benzene rings is 2. The average Bonchev–Trinajstić information content (AvgIpc) is 2.73. The summed E-state index contributed by atoms with van der Waals surface area (Å²) < 4.78 is 38.6. The van der Waals surface area contributed by atoms with E-state index in [2.05, 4.69) is 21.2 Å². The number of hydrogen-bond acceptors (Lipinski definition) is 5. The summed E-state index contributed by atoms with van der Waals surface area (Å²) in [7, 11) is -3.57. The van der Waals surface area contributed by atoms with Crippen molar-refractivity contribution < 1.29 is 22.7 Å². The molecule has 2 aromatic rings. The number of carbonyl (C=O) groups is 1. The second kappa shape index (κ2) is 9.91. The zero-order valence-corrected chi connectivity index (χ0v) is 19.3. The van der Waals surface area contributed by atoms with Gasteiger partial charge in [0, 0.05) is 23.2 Å². The molecule has 0 aliphatic carbocycles. The molecule has 3 rings (SSSR count). The lowest BCUT2D eigenvalue weighted by atomic mass is 10.1. The quantitative estimate of drug-likeness (QED) is 0.630. The summed E-state index contributed by atoms with van der Waals surface area (Å²) in [6.07, 6.45) is 0. The summed E-state index contributed by atoms with van der Waals surface area (Å²) in [5, 5.41) is 2.80. The van der Waals surface area contributed by atoms with Gasteiger partial charge in [0.05, 0.1) is 30.3 Å². The third kappa shape index (κ3) is 5.60. The Kier molecular flexibility index (Phi) is 7.51. The van der Waals surface area contributed by atoms with E-state index < -0.39 is 10.0 Å². The lowest BCUT2D eigenvalue weighted by Crippen LogP contribution is -2.40. The van der Waals surface area contributed by atoms with Crippen LogP contribution < -0.4 is 10.1 Å². The van der Waals surface area contributed by atoms with E-state index in [1.54, 1.807) is 24.3 Å². The minimum Gasteiger partial charge on any atom is -0.492 e. The number of rotatable bonds is 7. The third-order valence-corrected chi connectivity index (χ3v) is 6.88. The van der Waals surface area contributed by atoms with E-state index in [-0.39, 0.29) is 10.8 Å². The van der Waals surface area contributed by atoms with Crippen molar-refractivity contribution in [1.29, 1.82) is 0 Å². The van der Waals surface area contributed by atoms with Crippen LogP contribution in [0.5, 0.6) is 5.75 Å². The zero-order chi connectivity index (χ0) is 21.7. The number of carbonyl (C=O) groups excluding carboxylic acids is 1. The predicted molar refractivity (Wildman–Crippen MR) is 118 cm³/mol. The van der Waals surface area contributed by atoms with Crippen LogP contribution in [0.3, 0.4) is 0 Å². The first kappa shape index (κ1) is 22.7. The van der Waals surface area contributed by atoms with Gasteiger partial charge in [-0.15, -0.1) is 0 Å². The van der Waals surface area contributed by atoms with E-state index in [1.165, 1.54) is 16.4 Å². The van der Waals surface area contributed by atoms with Gasteiger partial charge in [0.2, 0.25) is 10.0 Å². The smallest absolute Gasteiger partial charge is 0.259 e. The molecule has 1 saturated heterocycles. The highest BCUT2D eigenvalue weighted by Crippen LogP contribution is 2.26. The zero-order valence-electron chi connectivity index (χ0n) is 16.9. The van der Waals surface area contributed by atoms with Crippen molar-refractivity contribution in [3.05, 3.63) is 52.5 Å². The molecule has 0 spiro atoms. The molecule has 0 atom stereocenters. The Morgan fingerprint density at radius 3 is 2.47 bits per heavy atom. The summed E-state index contributed by atoms with van der Waals surface area (Å²) in [4.78, 5) is 13.0. The number of anilines is 1. The standard InChI is InChI=1S/C21H25BrN2O5S/c1-15(2)14-29-20-8-3-16(22)13-19(20)21(25)23-17-4-6-18(7-5-17)30(26,27)24-9-11-28-12-10-24/h3-8,13,15H,9-12,14H2,1-2H3,(H,23,25). The minimum atomic E-state index is -3.57. The molecular weight excluding hydrogens is 472 g/mol. The number of sulfonamides is 1. The molecule has 1 aliphatic heterocycles. The van der Waals surface area contributed by atoms with Crippen LogP contribution in [0.4, 0.5) is 5.69 Å². The first-order valence-electron chi connectivity index (χ1n) is 9.69. The number of amides is 1. The Labute approximate surface area is 185 Å². The molecule has 1 amide bonds. The molecule has 30 heavy (non-hydrogen) atoms. The van der Waals surface area contributed by atoms with Gasteiger partial charge in [0.15, 0.2) is 0 Å². The van der Waals surface area contributed by atoms with Crippen molar-refractivity contribution in [2.75, 3.05) is 38.2 Å². The first-order chi connectivity index (χ1) is 14.3. The maximum atomic E-state index is 12.8. The van der Waals surface area contributed by atoms with Gasteiger partial charge >= 0.3 is 0 Å². The Bertz CT molecular complexity index is 987. The number of morpholine rings is 1. The third-order valence-electron chi connectivity index (χ3n) is 4.48. The monoisotopic (exact) mass is 496 g/mol. The van der Waals surface area contributed by atoms with Crippen LogP contribution in [0.2, 0.25) is 0 Å². The van der Waals surface area contributed by atoms with E-state index in [4.69, 9.17) is 9.47 Å². The molecule has 0 unspecified atom stereocenters. The van der Waals surface area contributed by atoms with Crippen LogP contribution >= 0.6 is 15.9 Å². The lowest BCUT2D eigenvalue weighted by Gasteiger charge is -2.26. The van der Waals surface area contributed by atoms with Crippen LogP contribution in [-0.4, -0.2) is 51.5 Å². The van der Waals surface area contributed by atoms with Crippen molar-refractivity contribution in [2.45, 2.75) is 18.7 Å². The molecule has 1 heterocycles. The van der Waals surface area contributed by atoms with Crippen LogP contribution in [0.1, 0.15) is 24.2 Å². The van der Waals surface area contributed by atoms with Gasteiger partial charge in [-0.3, -0.25) is 4.79 Å². The van der Waals surface area contributed by atoms with Gasteiger partial charge in [-0.1, -0.05) is 29.8 Å². The molecule has 0 saturated carbocycles. The van der Waals surface area contributed by atoms with Crippen molar-refractivity contribution >= 4 is 37.5 Å². The fourth-order valence-electron chi connectivity index (χ4n) is 2.91. The van der Waals surface area contributed by atoms with Crippen LogP contribution in [-0.2, 0) is 14.8 Å². The highest BCUT2D eigenvalue weighted by molar-refractivity contribution is 9.10. The lowest BCUT2D eigenvalue weighted by molar-refractivity contribution is 0.0730. The van der Waals surface area contributed by atoms with Gasteiger partial charge < -0.3 is 14.8 Å². The largest absolute Gasteiger partial charge is 0.492 e. The van der Waals surface area contributed by atoms with Crippen molar-refractivity contribution in [3.8, 4) is 5.75 Å². The van der Waals surface area contributed by atoms with E-state index in [1.807, 2.05) is 19.9 Å². The van der Waals surface area contributed by atoms with Gasteiger partial charge in [-0.05, 0) is 48.4 Å². The van der Waals surface area contributed by atoms with Crippen molar-refractivity contribution in [2.24, 2.45) is 5.92 Å². The molecule has 0 bridgehead atoms. The summed E-state index contributed by atoms with van der Waals surface area (Å²) in [5.41, 5.74) is 0.894. The second-order valence-electron chi connectivity index (χ2n) is 7.34. The molecule has 7 nitrogen and oxygen atoms in total. The number of halogens is 1. The predicted octanol–water partition coefficient (Wildman–Crippen LogP) is 3.76. The molecule has 162 valence electrons. The molecule has 2 aromatic carbocycles. The molecule has 1 N–H and O–H groups in total. The molecule has 0 radical (unpaired) electrons. The molecule has 1 fully saturated rings. The number of nitrogens with zero attached hydrogens (tertiary/aromatic N) is 1. The highest BCUT2D eigenvalue weighted by atomic mass is 79.9. The highest BCUT2D eigenvalue weighted by Gasteiger charge is 2.26. The van der Waals surface area contributed by atoms with E-state index >= 15 is 0 Å². The maximum absolute atomic E-state index is 12.8. The summed E-state index contributed by atoms with van der Waals surface area (Å²) in [6, 6.07) is 11.4. The Balaban J connectivity index is 1.74.